The number of fused-ring (bicyclic) bond motifs is 1. The number of benzene rings is 2. The molecule has 0 saturated heterocycles. The van der Waals surface area contributed by atoms with Crippen molar-refractivity contribution < 1.29 is 4.79 Å². The maximum Gasteiger partial charge on any atom is 0.273 e. The van der Waals surface area contributed by atoms with Crippen LogP contribution in [0.15, 0.2) is 53.7 Å². The average Bonchev–Trinajstić information content (AvgIpc) is 3.33. The van der Waals surface area contributed by atoms with Crippen molar-refractivity contribution in [2.75, 3.05) is 0 Å². The van der Waals surface area contributed by atoms with Crippen molar-refractivity contribution in [1.82, 2.24) is 29.9 Å². The van der Waals surface area contributed by atoms with E-state index in [1.807, 2.05) is 19.1 Å². The molecule has 1 aliphatic rings. The van der Waals surface area contributed by atoms with E-state index in [9.17, 15) is 14.9 Å². The second-order valence-electron chi connectivity index (χ2n) is 8.88. The van der Waals surface area contributed by atoms with E-state index >= 15 is 0 Å². The zero-order valence-corrected chi connectivity index (χ0v) is 19.9. The highest BCUT2D eigenvalue weighted by Crippen LogP contribution is 2.39. The Kier molecular flexibility index (Phi) is 5.83. The first-order chi connectivity index (χ1) is 16.8. The molecule has 1 amide bonds. The van der Waals surface area contributed by atoms with E-state index < -0.39 is 0 Å². The minimum Gasteiger partial charge on any atom is -0.348 e. The number of nitrogens with zero attached hydrogens (tertiary/aromatic N) is 6. The Labute approximate surface area is 206 Å². The second-order valence-corrected chi connectivity index (χ2v) is 9.32. The summed E-state index contributed by atoms with van der Waals surface area (Å²) in [6.45, 7) is 1.92. The molecule has 10 heteroatoms. The minimum absolute atomic E-state index is 0.00944. The molecule has 1 saturated carbocycles. The third kappa shape index (κ3) is 4.29. The summed E-state index contributed by atoms with van der Waals surface area (Å²) in [5.41, 5.74) is 3.12. The van der Waals surface area contributed by atoms with Gasteiger partial charge in [-0.05, 0) is 67.1 Å². The topological polar surface area (TPSA) is 118 Å². The molecule has 2 aromatic carbocycles. The van der Waals surface area contributed by atoms with Crippen molar-refractivity contribution in [3.05, 3.63) is 86.7 Å². The number of hydrogen-bond acceptors (Lipinski definition) is 6. The maximum absolute atomic E-state index is 12.7. The number of hydrogen-bond donors (Lipinski definition) is 1. The molecule has 4 aromatic rings. The van der Waals surface area contributed by atoms with Gasteiger partial charge in [-0.2, -0.15) is 5.26 Å². The number of halogens is 1. The van der Waals surface area contributed by atoms with Gasteiger partial charge in [-0.15, -0.1) is 5.10 Å². The van der Waals surface area contributed by atoms with Crippen molar-refractivity contribution in [3.8, 4) is 6.07 Å². The Morgan fingerprint density at radius 2 is 2.06 bits per heavy atom. The Balaban J connectivity index is 1.26. The van der Waals surface area contributed by atoms with Crippen LogP contribution in [0.25, 0.3) is 10.9 Å². The van der Waals surface area contributed by atoms with Crippen molar-refractivity contribution in [3.63, 3.8) is 0 Å². The van der Waals surface area contributed by atoms with Crippen LogP contribution in [0, 0.1) is 11.3 Å². The fraction of sp³-hybridized carbons (Fsp3) is 0.280. The number of rotatable bonds is 5. The summed E-state index contributed by atoms with van der Waals surface area (Å²) in [5.74, 6) is -0.116. The number of nitrogens with one attached hydrogen (secondary N) is 1. The van der Waals surface area contributed by atoms with Crippen LogP contribution in [0.1, 0.15) is 58.9 Å². The number of aromatic nitrogens is 5. The highest BCUT2D eigenvalue weighted by Gasteiger charge is 2.33. The number of carbonyl (C=O) groups excluding carboxylic acids is 1. The molecule has 35 heavy (non-hydrogen) atoms. The van der Waals surface area contributed by atoms with Gasteiger partial charge in [-0.25, -0.2) is 9.67 Å². The lowest BCUT2D eigenvalue weighted by atomic mass is 9.74. The zero-order chi connectivity index (χ0) is 24.7. The van der Waals surface area contributed by atoms with E-state index in [2.05, 4.69) is 26.7 Å². The van der Waals surface area contributed by atoms with Crippen LogP contribution in [-0.2, 0) is 7.05 Å². The van der Waals surface area contributed by atoms with Gasteiger partial charge in [0.05, 0.1) is 41.1 Å². The van der Waals surface area contributed by atoms with Crippen molar-refractivity contribution in [1.29, 1.82) is 5.26 Å². The van der Waals surface area contributed by atoms with Crippen molar-refractivity contribution in [2.24, 2.45) is 7.05 Å². The van der Waals surface area contributed by atoms with E-state index in [0.29, 0.717) is 21.5 Å². The van der Waals surface area contributed by atoms with Gasteiger partial charge < -0.3 is 9.88 Å². The molecule has 5 rings (SSSR count). The summed E-state index contributed by atoms with van der Waals surface area (Å²) in [5, 5.41) is 21.6. The summed E-state index contributed by atoms with van der Waals surface area (Å²) in [4.78, 5) is 29.5. The highest BCUT2D eigenvalue weighted by molar-refractivity contribution is 6.30. The number of aryl methyl sites for hydroxylation is 1. The first-order valence-corrected chi connectivity index (χ1v) is 11.6. The SMILES string of the molecule is C[C@@H](c1ccc2ncn(C)c(=O)c2c1)n1cc(C(=O)NC2CC(c3cc(Cl)ccc3C#N)C2)nn1. The molecule has 1 fully saturated rings. The molecule has 0 bridgehead atoms. The molecular weight excluding hydrogens is 466 g/mol. The average molecular weight is 488 g/mol. The van der Waals surface area contributed by atoms with Crippen LogP contribution >= 0.6 is 11.6 Å². The summed E-state index contributed by atoms with van der Waals surface area (Å²) in [7, 11) is 1.66. The van der Waals surface area contributed by atoms with Gasteiger partial charge in [0.2, 0.25) is 0 Å². The fourth-order valence-corrected chi connectivity index (χ4v) is 4.61. The van der Waals surface area contributed by atoms with Crippen LogP contribution in [0.3, 0.4) is 0 Å². The van der Waals surface area contributed by atoms with Gasteiger partial charge >= 0.3 is 0 Å². The summed E-state index contributed by atoms with van der Waals surface area (Å²) < 4.78 is 3.04. The van der Waals surface area contributed by atoms with Crippen molar-refractivity contribution >= 4 is 28.4 Å². The first kappa shape index (κ1) is 22.7. The van der Waals surface area contributed by atoms with Gasteiger partial charge in [0.25, 0.3) is 11.5 Å². The largest absolute Gasteiger partial charge is 0.348 e. The molecule has 1 N–H and O–H groups in total. The molecular formula is C25H22ClN7O2. The Morgan fingerprint density at radius 1 is 1.26 bits per heavy atom. The van der Waals surface area contributed by atoms with Crippen LogP contribution in [0.2, 0.25) is 5.02 Å². The predicted octanol–water partition coefficient (Wildman–Crippen LogP) is 3.34. The van der Waals surface area contributed by atoms with Gasteiger partial charge in [0, 0.05) is 18.1 Å². The summed E-state index contributed by atoms with van der Waals surface area (Å²) in [6, 6.07) is 12.7. The number of nitriles is 1. The molecule has 0 aliphatic heterocycles. The van der Waals surface area contributed by atoms with Crippen molar-refractivity contribution in [2.45, 2.75) is 37.8 Å². The number of carbonyl (C=O) groups is 1. The van der Waals surface area contributed by atoms with E-state index in [4.69, 9.17) is 11.6 Å². The van der Waals surface area contributed by atoms with E-state index in [0.717, 1.165) is 24.0 Å². The summed E-state index contributed by atoms with van der Waals surface area (Å²) >= 11 is 6.10. The third-order valence-corrected chi connectivity index (χ3v) is 6.85. The Morgan fingerprint density at radius 3 is 2.83 bits per heavy atom. The number of amides is 1. The molecule has 1 atom stereocenters. The third-order valence-electron chi connectivity index (χ3n) is 6.61. The monoisotopic (exact) mass is 487 g/mol. The predicted molar refractivity (Wildman–Crippen MR) is 130 cm³/mol. The molecule has 1 aliphatic carbocycles. The van der Waals surface area contributed by atoms with Gasteiger partial charge in [0.15, 0.2) is 5.69 Å². The quantitative estimate of drug-likeness (QED) is 0.461. The maximum atomic E-state index is 12.7. The lowest BCUT2D eigenvalue weighted by Gasteiger charge is -2.36. The molecule has 2 heterocycles. The first-order valence-electron chi connectivity index (χ1n) is 11.2. The molecule has 0 unspecified atom stereocenters. The Hall–Kier alpha value is -4.03. The Bertz CT molecular complexity index is 1550. The highest BCUT2D eigenvalue weighted by atomic mass is 35.5. The van der Waals surface area contributed by atoms with Crippen LogP contribution in [-0.4, -0.2) is 36.5 Å². The molecule has 2 aromatic heterocycles. The molecule has 176 valence electrons. The smallest absolute Gasteiger partial charge is 0.273 e. The lowest BCUT2D eigenvalue weighted by Crippen LogP contribution is -2.43. The zero-order valence-electron chi connectivity index (χ0n) is 19.1. The summed E-state index contributed by atoms with van der Waals surface area (Å²) in [6.07, 6.45) is 4.56. The minimum atomic E-state index is -0.296. The standard InChI is InChI=1S/C25H22ClN7O2/c1-14(15-4-6-22-21(9-15)25(35)32(2)13-28-22)33-12-23(30-31-33)24(34)29-19-7-17(8-19)20-10-18(26)5-3-16(20)11-27/h3-6,9-10,12-14,17,19H,7-8H2,1-2H3,(H,29,34)/t14-,17?,19?/m0/s1. The second kappa shape index (κ2) is 8.96. The van der Waals surface area contributed by atoms with E-state index in [1.165, 1.54) is 10.9 Å². The fourth-order valence-electron chi connectivity index (χ4n) is 4.43. The normalized spacial score (nSPS) is 18.0. The van der Waals surface area contributed by atoms with Gasteiger partial charge in [-0.3, -0.25) is 9.59 Å². The van der Waals surface area contributed by atoms with Gasteiger partial charge in [-0.1, -0.05) is 22.9 Å². The van der Waals surface area contributed by atoms with Crippen LogP contribution < -0.4 is 10.9 Å². The van der Waals surface area contributed by atoms with E-state index in [1.54, 1.807) is 42.2 Å². The van der Waals surface area contributed by atoms with Crippen LogP contribution in [0.5, 0.6) is 0 Å². The molecule has 9 nitrogen and oxygen atoms in total. The van der Waals surface area contributed by atoms with Gasteiger partial charge in [0.1, 0.15) is 0 Å². The lowest BCUT2D eigenvalue weighted by molar-refractivity contribution is 0.0903. The van der Waals surface area contributed by atoms with Crippen LogP contribution in [0.4, 0.5) is 0 Å². The molecule has 0 spiro atoms. The molecule has 0 radical (unpaired) electrons. The van der Waals surface area contributed by atoms with E-state index in [-0.39, 0.29) is 35.2 Å².